The normalized spacial score (nSPS) is 17.1. The van der Waals surface area contributed by atoms with Crippen molar-refractivity contribution in [2.45, 2.75) is 11.3 Å². The van der Waals surface area contributed by atoms with E-state index in [2.05, 4.69) is 182 Å². The maximum atomic E-state index is 9.89. The second-order valence-corrected chi connectivity index (χ2v) is 16.5. The average molecular weight is 794 g/mol. The first-order valence-corrected chi connectivity index (χ1v) is 21.4. The lowest BCUT2D eigenvalue weighted by atomic mass is 9.63. The first-order valence-electron chi connectivity index (χ1n) is 23.4. The molecule has 10 aromatic carbocycles. The Morgan fingerprint density at radius 2 is 1.03 bits per heavy atom. The fraction of sp³-hybridized carbons (Fsp3) is 0.0492. The summed E-state index contributed by atoms with van der Waals surface area (Å²) in [5, 5.41) is 6.58. The summed E-state index contributed by atoms with van der Waals surface area (Å²) in [5.74, 6) is -0.0661. The van der Waals surface area contributed by atoms with E-state index in [0.717, 1.165) is 44.1 Å². The molecule has 1 nitrogen and oxygen atoms in total. The Hall–Kier alpha value is -7.74. The van der Waals surface area contributed by atoms with Crippen LogP contribution in [0.15, 0.2) is 254 Å². The molecular weight excluding hydrogens is 747 g/mol. The van der Waals surface area contributed by atoms with E-state index in [1.807, 2.05) is 47.4 Å². The second kappa shape index (κ2) is 14.8. The first-order chi connectivity index (χ1) is 32.4. The molecule has 0 saturated carbocycles. The molecule has 1 heteroatoms. The third-order valence-electron chi connectivity index (χ3n) is 13.3. The van der Waals surface area contributed by atoms with Gasteiger partial charge < -0.3 is 4.90 Å². The highest BCUT2D eigenvalue weighted by Gasteiger charge is 2.53. The summed E-state index contributed by atoms with van der Waals surface area (Å²) in [7, 11) is 0. The van der Waals surface area contributed by atoms with Crippen LogP contribution in [0.2, 0.25) is 0 Å². The lowest BCUT2D eigenvalue weighted by Crippen LogP contribution is -2.36. The van der Waals surface area contributed by atoms with Crippen LogP contribution in [-0.2, 0) is 5.41 Å². The van der Waals surface area contributed by atoms with Crippen LogP contribution < -0.4 is 4.90 Å². The Bertz CT molecular complexity index is 3520. The molecule has 0 aromatic heterocycles. The van der Waals surface area contributed by atoms with Crippen LogP contribution in [-0.4, -0.2) is 0 Å². The maximum absolute atomic E-state index is 9.89. The van der Waals surface area contributed by atoms with Gasteiger partial charge in [-0.2, -0.15) is 0 Å². The van der Waals surface area contributed by atoms with E-state index < -0.39 is 5.41 Å². The number of allylic oxidation sites excluding steroid dienone is 3. The molecule has 0 saturated heterocycles. The van der Waals surface area contributed by atoms with Gasteiger partial charge in [-0.3, -0.25) is 0 Å². The fourth-order valence-electron chi connectivity index (χ4n) is 10.6. The summed E-state index contributed by atoms with van der Waals surface area (Å²) in [4.78, 5) is 1.96. The Labute approximate surface area is 368 Å². The molecule has 0 bridgehead atoms. The molecule has 2 aliphatic rings. The van der Waals surface area contributed by atoms with E-state index in [1.54, 1.807) is 0 Å². The number of nitrogens with zero attached hydrogens (tertiary/aromatic N) is 1. The minimum absolute atomic E-state index is 0.0360. The van der Waals surface area contributed by atoms with Crippen LogP contribution in [0.1, 0.15) is 33.7 Å². The summed E-state index contributed by atoms with van der Waals surface area (Å²) in [6.07, 6.45) is 6.75. The largest absolute Gasteiger partial charge is 0.311 e. The average Bonchev–Trinajstić information content (AvgIpc) is 3.68. The van der Waals surface area contributed by atoms with Crippen LogP contribution in [0.25, 0.3) is 54.6 Å². The van der Waals surface area contributed by atoms with Crippen molar-refractivity contribution in [3.05, 3.63) is 277 Å². The van der Waals surface area contributed by atoms with Crippen LogP contribution in [0.4, 0.5) is 11.4 Å². The van der Waals surface area contributed by atoms with Crippen molar-refractivity contribution in [1.29, 1.82) is 0 Å². The van der Waals surface area contributed by atoms with Crippen molar-refractivity contribution >= 4 is 43.7 Å². The third-order valence-corrected chi connectivity index (χ3v) is 13.3. The Kier molecular flexibility index (Phi) is 7.64. The molecule has 12 rings (SSSR count). The smallest absolute Gasteiger partial charge is 0.0645 e. The van der Waals surface area contributed by atoms with Crippen LogP contribution in [0.5, 0.6) is 0 Å². The minimum Gasteiger partial charge on any atom is -0.311 e. The molecule has 0 spiro atoms. The number of benzene rings is 10. The minimum atomic E-state index is -0.570. The van der Waals surface area contributed by atoms with Crippen molar-refractivity contribution < 1.29 is 5.48 Å². The molecule has 0 aliphatic heterocycles. The van der Waals surface area contributed by atoms with Gasteiger partial charge in [0, 0.05) is 28.9 Å². The lowest BCUT2D eigenvalue weighted by molar-refractivity contribution is 0.453. The quantitative estimate of drug-likeness (QED) is 0.145. The molecule has 2 aliphatic carbocycles. The highest BCUT2D eigenvalue weighted by Crippen LogP contribution is 2.60. The lowest BCUT2D eigenvalue weighted by Gasteiger charge is -2.40. The summed E-state index contributed by atoms with van der Waals surface area (Å²) in [6.45, 7) is 0. The number of anilines is 2. The maximum Gasteiger partial charge on any atom is 0.0645 e. The zero-order valence-electron chi connectivity index (χ0n) is 38.0. The van der Waals surface area contributed by atoms with Crippen molar-refractivity contribution in [2.24, 2.45) is 5.92 Å². The van der Waals surface area contributed by atoms with E-state index in [1.165, 1.54) is 33.0 Å². The van der Waals surface area contributed by atoms with Crippen LogP contribution in [0, 0.1) is 5.92 Å². The van der Waals surface area contributed by atoms with E-state index in [9.17, 15) is 5.48 Å². The monoisotopic (exact) mass is 793 g/mol. The van der Waals surface area contributed by atoms with E-state index in [0.29, 0.717) is 5.56 Å². The van der Waals surface area contributed by atoms with Gasteiger partial charge in [0.05, 0.1) is 10.9 Å². The number of hydrogen-bond acceptors (Lipinski definition) is 1. The highest BCUT2D eigenvalue weighted by atomic mass is 15.1. The van der Waals surface area contributed by atoms with Gasteiger partial charge in [0.25, 0.3) is 0 Å². The molecule has 0 fully saturated rings. The Morgan fingerprint density at radius 3 is 1.77 bits per heavy atom. The van der Waals surface area contributed by atoms with Gasteiger partial charge in [-0.25, -0.2) is 0 Å². The molecule has 0 N–H and O–H groups in total. The summed E-state index contributed by atoms with van der Waals surface area (Å²) >= 11 is 0. The Morgan fingerprint density at radius 1 is 0.435 bits per heavy atom. The topological polar surface area (TPSA) is 3.24 Å². The van der Waals surface area contributed by atoms with Gasteiger partial charge in [0.2, 0.25) is 0 Å². The number of rotatable bonds is 7. The summed E-state index contributed by atoms with van der Waals surface area (Å²) in [6, 6.07) is 71.4. The zero-order chi connectivity index (χ0) is 44.5. The third kappa shape index (κ3) is 5.70. The summed E-state index contributed by atoms with van der Waals surface area (Å²) in [5.41, 5.74) is 9.15. The van der Waals surface area contributed by atoms with Gasteiger partial charge in [0.15, 0.2) is 0 Å². The highest BCUT2D eigenvalue weighted by molar-refractivity contribution is 6.13. The standard InChI is InChI=1S/C61H43N/c1-3-19-46(20-4-1)61(47-21-5-2-6-22-47)59-29-14-13-27-56(59)57-39-38-50(41-60(57)61)62(48-34-30-43(31-35-48)52-28-15-18-42-16-7-9-23-51(42)52)49-36-32-44(33-37-49)58-40-45-17-8-10-24-53(45)54-25-11-12-26-55(54)58/h1-41,57,60H/i30D,31D,34D,35D. The molecule has 62 heavy (non-hydrogen) atoms. The molecular formula is C61H43N. The van der Waals surface area contributed by atoms with Gasteiger partial charge in [-0.05, 0) is 113 Å². The van der Waals surface area contributed by atoms with E-state index in [-0.39, 0.29) is 47.3 Å². The van der Waals surface area contributed by atoms with Gasteiger partial charge >= 0.3 is 0 Å². The van der Waals surface area contributed by atoms with Crippen LogP contribution >= 0.6 is 0 Å². The van der Waals surface area contributed by atoms with Crippen molar-refractivity contribution in [3.8, 4) is 22.3 Å². The summed E-state index contributed by atoms with van der Waals surface area (Å²) < 4.78 is 39.1. The van der Waals surface area contributed by atoms with Gasteiger partial charge in [-0.15, -0.1) is 0 Å². The SMILES string of the molecule is [2H]c1c([2H])c(N(C2=CC3C(C=C2)c2ccccc2C3(c2ccccc2)c2ccccc2)c2ccc(-c3cc4ccccc4c4ccccc34)cc2)c([2H])c([2H])c1-c1cccc2ccccc12. The zero-order valence-corrected chi connectivity index (χ0v) is 34.0. The fourth-order valence-corrected chi connectivity index (χ4v) is 10.6. The second-order valence-electron chi connectivity index (χ2n) is 16.5. The predicted molar refractivity (Wildman–Crippen MR) is 261 cm³/mol. The molecule has 2 unspecified atom stereocenters. The van der Waals surface area contributed by atoms with Gasteiger partial charge in [0.1, 0.15) is 0 Å². The van der Waals surface area contributed by atoms with E-state index in [4.69, 9.17) is 0 Å². The van der Waals surface area contributed by atoms with Crippen molar-refractivity contribution in [2.75, 3.05) is 4.90 Å². The molecule has 10 aromatic rings. The molecule has 0 amide bonds. The van der Waals surface area contributed by atoms with Crippen LogP contribution in [0.3, 0.4) is 0 Å². The molecule has 0 radical (unpaired) electrons. The number of fused-ring (bicyclic) bond motifs is 7. The number of hydrogen-bond donors (Lipinski definition) is 0. The van der Waals surface area contributed by atoms with E-state index >= 15 is 0 Å². The first kappa shape index (κ1) is 32.1. The predicted octanol–water partition coefficient (Wildman–Crippen LogP) is 15.8. The molecule has 292 valence electrons. The van der Waals surface area contributed by atoms with Crippen molar-refractivity contribution in [3.63, 3.8) is 0 Å². The molecule has 0 heterocycles. The van der Waals surface area contributed by atoms with Crippen molar-refractivity contribution in [1.82, 2.24) is 0 Å². The Balaban J connectivity index is 1.09. The molecule has 2 atom stereocenters. The van der Waals surface area contributed by atoms with Gasteiger partial charge in [-0.1, -0.05) is 212 Å².